The predicted octanol–water partition coefficient (Wildman–Crippen LogP) is 7.13. The lowest BCUT2D eigenvalue weighted by molar-refractivity contribution is -0.199. The van der Waals surface area contributed by atoms with Crippen LogP contribution in [0.3, 0.4) is 0 Å². The highest BCUT2D eigenvalue weighted by Gasteiger charge is 2.68. The fourth-order valence-electron chi connectivity index (χ4n) is 7.03. The fraction of sp³-hybridized carbons (Fsp3) is 0.750. The summed E-state index contributed by atoms with van der Waals surface area (Å²) in [6, 6.07) is 10.2. The number of alkyl carbamates (subject to hydrolysis) is 1. The van der Waals surface area contributed by atoms with Crippen LogP contribution in [0, 0.1) is 46.8 Å². The lowest BCUT2D eigenvalue weighted by atomic mass is 9.43. The number of aryl methyl sites for hydroxylation is 1. The van der Waals surface area contributed by atoms with Gasteiger partial charge in [-0.3, -0.25) is 4.79 Å². The molecule has 8 nitrogen and oxygen atoms in total. The highest BCUT2D eigenvalue weighted by molar-refractivity contribution is 6.47. The molecule has 1 aromatic rings. The summed E-state index contributed by atoms with van der Waals surface area (Å²) in [7, 11) is -0.551. The highest BCUT2D eigenvalue weighted by Crippen LogP contribution is 2.65. The average Bonchev–Trinajstić information content (AvgIpc) is 3.62. The Morgan fingerprint density at radius 1 is 1.18 bits per heavy atom. The zero-order valence-corrected chi connectivity index (χ0v) is 29.6. The summed E-state index contributed by atoms with van der Waals surface area (Å²) in [5.41, 5.74) is 2.70. The Balaban J connectivity index is 0.000000620. The molecule has 9 heteroatoms. The molecule has 2 saturated heterocycles. The number of likely N-dealkylation sites (tertiary alicyclic amines) is 1. The molecule has 0 spiro atoms. The first-order chi connectivity index (χ1) is 21.2. The molecule has 3 aliphatic carbocycles. The van der Waals surface area contributed by atoms with E-state index < -0.39 is 19.2 Å². The molecule has 0 aromatic heterocycles. The Bertz CT molecular complexity index is 1180. The van der Waals surface area contributed by atoms with Crippen LogP contribution in [0.1, 0.15) is 106 Å². The molecule has 3 saturated carbocycles. The first-order valence-corrected chi connectivity index (χ1v) is 17.1. The first-order valence-electron chi connectivity index (χ1n) is 17.1. The molecule has 1 N–H and O–H groups in total. The van der Waals surface area contributed by atoms with Gasteiger partial charge in [0, 0.05) is 19.0 Å². The van der Waals surface area contributed by atoms with Crippen LogP contribution in [0.2, 0.25) is 0 Å². The summed E-state index contributed by atoms with van der Waals surface area (Å²) >= 11 is 0. The van der Waals surface area contributed by atoms with E-state index >= 15 is 0 Å². The van der Waals surface area contributed by atoms with Crippen LogP contribution in [-0.2, 0) is 25.3 Å². The Kier molecular flexibility index (Phi) is 12.6. The smallest absolute Gasteiger partial charge is 0.449 e. The molecular formula is C36H58BN3O5. The number of rotatable bonds is 7. The topological polar surface area (TPSA) is 101 Å². The number of benzene rings is 1. The number of hydrogen-bond donors (Lipinski definition) is 1. The Hall–Kier alpha value is -2.57. The number of hydrogen-bond acceptors (Lipinski definition) is 6. The molecule has 2 aliphatic heterocycles. The minimum Gasteiger partial charge on any atom is -0.449 e. The normalized spacial score (nSPS) is 28.2. The maximum absolute atomic E-state index is 12.9. The van der Waals surface area contributed by atoms with E-state index in [1.165, 1.54) is 18.4 Å². The molecule has 2 heterocycles. The molecule has 6 atom stereocenters. The van der Waals surface area contributed by atoms with Gasteiger partial charge in [-0.05, 0) is 67.8 Å². The molecule has 250 valence electrons. The Morgan fingerprint density at radius 3 is 2.40 bits per heavy atom. The summed E-state index contributed by atoms with van der Waals surface area (Å²) < 4.78 is 18.8. The summed E-state index contributed by atoms with van der Waals surface area (Å²) in [5, 5.41) is 11.8. The van der Waals surface area contributed by atoms with Crippen LogP contribution >= 0.6 is 0 Å². The molecule has 5 unspecified atom stereocenters. The molecule has 2 bridgehead atoms. The van der Waals surface area contributed by atoms with Crippen molar-refractivity contribution in [2.75, 3.05) is 19.7 Å². The number of amides is 2. The van der Waals surface area contributed by atoms with Crippen molar-refractivity contribution in [3.63, 3.8) is 0 Å². The highest BCUT2D eigenvalue weighted by atomic mass is 16.7. The van der Waals surface area contributed by atoms with Gasteiger partial charge in [0.2, 0.25) is 5.91 Å². The van der Waals surface area contributed by atoms with E-state index in [9.17, 15) is 9.59 Å². The molecule has 5 aliphatic rings. The van der Waals surface area contributed by atoms with E-state index in [0.29, 0.717) is 36.8 Å². The van der Waals surface area contributed by atoms with Crippen LogP contribution in [-0.4, -0.2) is 61.4 Å². The summed E-state index contributed by atoms with van der Waals surface area (Å²) in [6.45, 7) is 23.2. The third kappa shape index (κ3) is 9.04. The van der Waals surface area contributed by atoms with Gasteiger partial charge in [-0.2, -0.15) is 5.26 Å². The maximum atomic E-state index is 12.9. The molecule has 0 radical (unpaired) electrons. The molecule has 45 heavy (non-hydrogen) atoms. The van der Waals surface area contributed by atoms with Crippen LogP contribution in [0.4, 0.5) is 4.79 Å². The average molecular weight is 624 g/mol. The number of ether oxygens (including phenoxy) is 1. The largest absolute Gasteiger partial charge is 0.482 e. The quantitative estimate of drug-likeness (QED) is 0.325. The predicted molar refractivity (Wildman–Crippen MR) is 179 cm³/mol. The van der Waals surface area contributed by atoms with Gasteiger partial charge in [0.25, 0.3) is 0 Å². The van der Waals surface area contributed by atoms with Crippen LogP contribution in [0.5, 0.6) is 0 Å². The van der Waals surface area contributed by atoms with Crippen LogP contribution in [0.15, 0.2) is 24.3 Å². The van der Waals surface area contributed by atoms with Gasteiger partial charge in [0.05, 0.1) is 30.3 Å². The van der Waals surface area contributed by atoms with Crippen LogP contribution < -0.4 is 5.32 Å². The minimum atomic E-state index is -0.551. The number of carbonyl (C=O) groups excluding carboxylic acids is 2. The van der Waals surface area contributed by atoms with Crippen molar-refractivity contribution in [2.45, 2.75) is 125 Å². The maximum Gasteiger partial charge on any atom is 0.482 e. The third-order valence-electron chi connectivity index (χ3n) is 10.6. The van der Waals surface area contributed by atoms with Crippen molar-refractivity contribution in [1.82, 2.24) is 10.2 Å². The summed E-state index contributed by atoms with van der Waals surface area (Å²) in [4.78, 5) is 26.6. The Labute approximate surface area is 273 Å². The van der Waals surface area contributed by atoms with Gasteiger partial charge in [-0.15, -0.1) is 0 Å². The van der Waals surface area contributed by atoms with Crippen molar-refractivity contribution in [1.29, 1.82) is 5.26 Å². The van der Waals surface area contributed by atoms with Gasteiger partial charge < -0.3 is 24.3 Å². The minimum absolute atomic E-state index is 0.0306. The molecule has 2 amide bonds. The first kappa shape index (κ1) is 36.9. The number of nitriles is 1. The number of carbonyl (C=O) groups is 2. The number of nitrogens with zero attached hydrogens (tertiary/aromatic N) is 2. The van der Waals surface area contributed by atoms with Gasteiger partial charge in [0.15, 0.2) is 0 Å². The lowest BCUT2D eigenvalue weighted by Crippen LogP contribution is -2.65. The van der Waals surface area contributed by atoms with Gasteiger partial charge >= 0.3 is 13.2 Å². The van der Waals surface area contributed by atoms with Crippen LogP contribution in [0.25, 0.3) is 0 Å². The zero-order chi connectivity index (χ0) is 33.6. The van der Waals surface area contributed by atoms with Crippen molar-refractivity contribution in [3.05, 3.63) is 35.4 Å². The van der Waals surface area contributed by atoms with Crippen molar-refractivity contribution in [2.24, 2.45) is 28.6 Å². The third-order valence-corrected chi connectivity index (χ3v) is 10.6. The second-order valence-electron chi connectivity index (χ2n) is 15.1. The van der Waals surface area contributed by atoms with Gasteiger partial charge in [0.1, 0.15) is 6.42 Å². The van der Waals surface area contributed by atoms with E-state index in [1.54, 1.807) is 4.90 Å². The zero-order valence-electron chi connectivity index (χ0n) is 29.6. The standard InChI is InChI=1S/C28H38BN3O5.C6H14.C2H6/c1-18-5-7-19(8-6-18)13-24(29-36-23-15-21-14-22(27(21,2)3)28(23,4)37-29)31-26(34)35-17-20-10-12-32(16-20)25(33)9-11-30;1-5-6(2,3)4;1-2/h5-8,20-24H,9-10,12-17H2,1-4H3,(H,31,34);5H2,1-4H3;1-2H3/t20?,21?,22?,23?,24?,28-;;/m0../s1. The van der Waals surface area contributed by atoms with E-state index in [1.807, 2.05) is 19.9 Å². The van der Waals surface area contributed by atoms with E-state index in [0.717, 1.165) is 18.4 Å². The molecule has 1 aromatic carbocycles. The van der Waals surface area contributed by atoms with E-state index in [2.05, 4.69) is 85.0 Å². The van der Waals surface area contributed by atoms with Gasteiger partial charge in [-0.25, -0.2) is 4.79 Å². The van der Waals surface area contributed by atoms with Gasteiger partial charge in [-0.1, -0.05) is 91.6 Å². The van der Waals surface area contributed by atoms with Crippen molar-refractivity contribution < 1.29 is 23.6 Å². The van der Waals surface area contributed by atoms with E-state index in [4.69, 9.17) is 19.3 Å². The molecule has 6 rings (SSSR count). The molecule has 5 fully saturated rings. The van der Waals surface area contributed by atoms with E-state index in [-0.39, 0.29) is 42.0 Å². The lowest BCUT2D eigenvalue weighted by Gasteiger charge is -2.64. The fourth-order valence-corrected chi connectivity index (χ4v) is 7.03. The molecular weight excluding hydrogens is 565 g/mol. The summed E-state index contributed by atoms with van der Waals surface area (Å²) in [5.74, 6) is 0.598. The Morgan fingerprint density at radius 2 is 1.82 bits per heavy atom. The number of nitrogens with one attached hydrogen (secondary N) is 1. The monoisotopic (exact) mass is 623 g/mol. The summed E-state index contributed by atoms with van der Waals surface area (Å²) in [6.07, 6.45) is 4.16. The second-order valence-corrected chi connectivity index (χ2v) is 15.1. The van der Waals surface area contributed by atoms with Crippen molar-refractivity contribution in [3.8, 4) is 6.07 Å². The SMILES string of the molecule is CC.CCC(C)(C)C.Cc1ccc(CC(NC(=O)OCC2CCN(C(=O)CC#N)C2)B2OC3CC4CC(C4(C)C)[C@]3(C)O2)cc1. The van der Waals surface area contributed by atoms with Crippen molar-refractivity contribution >= 4 is 19.1 Å². The second kappa shape index (κ2) is 15.3.